The van der Waals surface area contributed by atoms with E-state index in [-0.39, 0.29) is 0 Å². The number of anilines is 2. The molecule has 3 N–H and O–H groups in total. The van der Waals surface area contributed by atoms with Crippen LogP contribution >= 0.6 is 0 Å². The van der Waals surface area contributed by atoms with Gasteiger partial charge in [-0.25, -0.2) is 20.2 Å². The zero-order valence-corrected chi connectivity index (χ0v) is 18.8. The average Bonchev–Trinajstić information content (AvgIpc) is 3.08. The first-order valence-corrected chi connectivity index (χ1v) is 10.0. The highest BCUT2D eigenvalue weighted by Crippen LogP contribution is 2.25. The molecule has 0 spiro atoms. The van der Waals surface area contributed by atoms with Crippen molar-refractivity contribution in [3.8, 4) is 11.3 Å². The molecule has 0 unspecified atom stereocenters. The number of aromatic nitrogens is 4. The van der Waals surface area contributed by atoms with E-state index in [0.717, 1.165) is 33.6 Å². The molecule has 3 rings (SSSR count). The number of benzene rings is 1. The van der Waals surface area contributed by atoms with E-state index in [2.05, 4.69) is 37.3 Å². The maximum Gasteiger partial charge on any atom is 0.422 e. The number of carbonyl (C=O) groups is 1. The Kier molecular flexibility index (Phi) is 6.55. The predicted octanol–water partition coefficient (Wildman–Crippen LogP) is 3.77. The average molecular weight is 424 g/mol. The van der Waals surface area contributed by atoms with Gasteiger partial charge in [-0.05, 0) is 57.4 Å². The molecule has 164 valence electrons. The number of hydrogen-bond donors (Lipinski definition) is 3. The van der Waals surface area contributed by atoms with E-state index in [0.29, 0.717) is 12.5 Å². The van der Waals surface area contributed by atoms with Gasteiger partial charge >= 0.3 is 6.09 Å². The zero-order valence-electron chi connectivity index (χ0n) is 18.8. The van der Waals surface area contributed by atoms with Gasteiger partial charge in [0, 0.05) is 31.5 Å². The molecule has 1 aromatic carbocycles. The highest BCUT2D eigenvalue weighted by atomic mass is 16.6. The Morgan fingerprint density at radius 2 is 1.94 bits per heavy atom. The van der Waals surface area contributed by atoms with Crippen LogP contribution in [0.15, 0.2) is 36.8 Å². The first-order chi connectivity index (χ1) is 14.6. The smallest absolute Gasteiger partial charge is 0.422 e. The number of nitrogens with one attached hydrogen (secondary N) is 3. The molecule has 0 aliphatic heterocycles. The van der Waals surface area contributed by atoms with E-state index in [1.807, 2.05) is 60.0 Å². The Balaban J connectivity index is 1.69. The molecule has 3 aromatic rings. The lowest BCUT2D eigenvalue weighted by atomic mass is 10.0. The van der Waals surface area contributed by atoms with Crippen molar-refractivity contribution in [2.45, 2.75) is 46.8 Å². The summed E-state index contributed by atoms with van der Waals surface area (Å²) in [5.41, 5.74) is 10.7. The second kappa shape index (κ2) is 9.13. The molecule has 0 saturated heterocycles. The summed E-state index contributed by atoms with van der Waals surface area (Å²) >= 11 is 0. The fraction of sp³-hybridized carbons (Fsp3) is 0.364. The predicted molar refractivity (Wildman–Crippen MR) is 120 cm³/mol. The molecule has 9 nitrogen and oxygen atoms in total. The molecule has 0 atom stereocenters. The van der Waals surface area contributed by atoms with Crippen LogP contribution in [0.3, 0.4) is 0 Å². The van der Waals surface area contributed by atoms with Crippen molar-refractivity contribution in [2.75, 3.05) is 5.32 Å². The van der Waals surface area contributed by atoms with Crippen LogP contribution in [0.5, 0.6) is 0 Å². The third-order valence-corrected chi connectivity index (χ3v) is 4.42. The van der Waals surface area contributed by atoms with Crippen molar-refractivity contribution in [1.29, 1.82) is 0 Å². The fourth-order valence-electron chi connectivity index (χ4n) is 2.97. The molecule has 2 aromatic heterocycles. The highest BCUT2D eigenvalue weighted by molar-refractivity contribution is 5.67. The van der Waals surface area contributed by atoms with Gasteiger partial charge in [0.25, 0.3) is 0 Å². The molecule has 0 bridgehead atoms. The van der Waals surface area contributed by atoms with E-state index in [1.54, 1.807) is 17.1 Å². The number of ether oxygens (including phenoxy) is 1. The Labute approximate surface area is 182 Å². The maximum absolute atomic E-state index is 11.8. The molecule has 9 heteroatoms. The number of aryl methyl sites for hydroxylation is 3. The van der Waals surface area contributed by atoms with Gasteiger partial charge in [0.05, 0.1) is 17.6 Å². The lowest BCUT2D eigenvalue weighted by Crippen LogP contribution is -2.40. The number of carbonyl (C=O) groups excluding carboxylic acids is 1. The summed E-state index contributed by atoms with van der Waals surface area (Å²) in [5, 5.41) is 7.32. The van der Waals surface area contributed by atoms with Crippen LogP contribution in [0.25, 0.3) is 11.3 Å². The normalized spacial score (nSPS) is 11.3. The summed E-state index contributed by atoms with van der Waals surface area (Å²) in [6.45, 7) is 9.95. The van der Waals surface area contributed by atoms with Crippen molar-refractivity contribution in [2.24, 2.45) is 7.05 Å². The minimum atomic E-state index is -0.538. The molecule has 0 saturated carbocycles. The first-order valence-electron chi connectivity index (χ1n) is 10.0. The molecular formula is C22H29N7O2. The maximum atomic E-state index is 11.8. The number of hydrogen-bond acceptors (Lipinski definition) is 7. The van der Waals surface area contributed by atoms with Crippen molar-refractivity contribution in [3.63, 3.8) is 0 Å². The number of hydrazine groups is 1. The van der Waals surface area contributed by atoms with E-state index < -0.39 is 11.7 Å². The molecule has 1 amide bonds. The summed E-state index contributed by atoms with van der Waals surface area (Å²) in [5.74, 6) is 0.513. The monoisotopic (exact) mass is 423 g/mol. The topological polar surface area (TPSA) is 106 Å². The van der Waals surface area contributed by atoms with Gasteiger partial charge in [0.1, 0.15) is 5.60 Å². The fourth-order valence-corrected chi connectivity index (χ4v) is 2.97. The third-order valence-electron chi connectivity index (χ3n) is 4.42. The number of amides is 1. The summed E-state index contributed by atoms with van der Waals surface area (Å²) in [7, 11) is 1.86. The van der Waals surface area contributed by atoms with Crippen LogP contribution in [-0.2, 0) is 18.3 Å². The zero-order chi connectivity index (χ0) is 22.6. The van der Waals surface area contributed by atoms with E-state index in [1.165, 1.54) is 0 Å². The Bertz CT molecular complexity index is 1070. The second-order valence-corrected chi connectivity index (χ2v) is 8.37. The number of nitrogens with zero attached hydrogens (tertiary/aromatic N) is 4. The van der Waals surface area contributed by atoms with E-state index in [9.17, 15) is 4.79 Å². The lowest BCUT2D eigenvalue weighted by Gasteiger charge is -2.20. The molecule has 0 radical (unpaired) electrons. The standard InChI is InChI=1S/C22H29N7O2/c1-14-9-16(7-8-17(14)11-24-28-21(30)31-22(3,4)5)19-15(2)10-23-20(27-19)26-18-12-25-29(6)13-18/h7-10,12-13,24H,11H2,1-6H3,(H,28,30)(H,23,26,27). The van der Waals surface area contributed by atoms with Gasteiger partial charge in [0.15, 0.2) is 0 Å². The first kappa shape index (κ1) is 22.2. The molecule has 2 heterocycles. The number of rotatable bonds is 6. The van der Waals surface area contributed by atoms with Crippen molar-refractivity contribution < 1.29 is 9.53 Å². The van der Waals surface area contributed by atoms with Gasteiger partial charge in [-0.2, -0.15) is 5.10 Å². The summed E-state index contributed by atoms with van der Waals surface area (Å²) in [6.07, 6.45) is 4.88. The van der Waals surface area contributed by atoms with Crippen molar-refractivity contribution in [1.82, 2.24) is 30.6 Å². The molecule has 31 heavy (non-hydrogen) atoms. The summed E-state index contributed by atoms with van der Waals surface area (Å²) < 4.78 is 6.93. The van der Waals surface area contributed by atoms with E-state index >= 15 is 0 Å². The van der Waals surface area contributed by atoms with Crippen LogP contribution in [0, 0.1) is 13.8 Å². The third kappa shape index (κ3) is 6.26. The van der Waals surface area contributed by atoms with Gasteiger partial charge < -0.3 is 10.1 Å². The Morgan fingerprint density at radius 3 is 2.58 bits per heavy atom. The van der Waals surface area contributed by atoms with Gasteiger partial charge in [-0.3, -0.25) is 10.1 Å². The van der Waals surface area contributed by atoms with Crippen LogP contribution < -0.4 is 16.2 Å². The van der Waals surface area contributed by atoms with E-state index in [4.69, 9.17) is 4.74 Å². The molecule has 0 aliphatic rings. The van der Waals surface area contributed by atoms with Crippen LogP contribution in [0.2, 0.25) is 0 Å². The van der Waals surface area contributed by atoms with Gasteiger partial charge in [-0.15, -0.1) is 0 Å². The second-order valence-electron chi connectivity index (χ2n) is 8.37. The summed E-state index contributed by atoms with van der Waals surface area (Å²) in [6, 6.07) is 6.11. The molecule has 0 fully saturated rings. The Hall–Kier alpha value is -3.46. The largest absolute Gasteiger partial charge is 0.443 e. The summed E-state index contributed by atoms with van der Waals surface area (Å²) in [4.78, 5) is 20.8. The SMILES string of the molecule is Cc1cc(-c2nc(Nc3cnn(C)c3)ncc2C)ccc1CNNC(=O)OC(C)(C)C. The molecular weight excluding hydrogens is 394 g/mol. The van der Waals surface area contributed by atoms with Crippen LogP contribution in [0.1, 0.15) is 37.5 Å². The van der Waals surface area contributed by atoms with Gasteiger partial charge in [-0.1, -0.05) is 12.1 Å². The highest BCUT2D eigenvalue weighted by Gasteiger charge is 2.15. The minimum Gasteiger partial charge on any atom is -0.443 e. The van der Waals surface area contributed by atoms with Crippen LogP contribution in [-0.4, -0.2) is 31.4 Å². The van der Waals surface area contributed by atoms with Crippen LogP contribution in [0.4, 0.5) is 16.4 Å². The minimum absolute atomic E-state index is 0.474. The van der Waals surface area contributed by atoms with Crippen molar-refractivity contribution in [3.05, 3.63) is 53.5 Å². The van der Waals surface area contributed by atoms with Gasteiger partial charge in [0.2, 0.25) is 5.95 Å². The van der Waals surface area contributed by atoms with Crippen molar-refractivity contribution >= 4 is 17.7 Å². The quantitative estimate of drug-likeness (QED) is 0.518. The lowest BCUT2D eigenvalue weighted by molar-refractivity contribution is 0.0497. The molecule has 0 aliphatic carbocycles. The Morgan fingerprint density at radius 1 is 1.16 bits per heavy atom.